The molecule has 2 aromatic rings. The summed E-state index contributed by atoms with van der Waals surface area (Å²) in [7, 11) is 0. The van der Waals surface area contributed by atoms with E-state index >= 15 is 0 Å². The van der Waals surface area contributed by atoms with Crippen LogP contribution in [0.2, 0.25) is 0 Å². The van der Waals surface area contributed by atoms with Crippen molar-refractivity contribution in [3.8, 4) is 23.5 Å². The van der Waals surface area contributed by atoms with E-state index in [0.29, 0.717) is 0 Å². The van der Waals surface area contributed by atoms with E-state index in [2.05, 4.69) is 97.0 Å². The molecule has 0 atom stereocenters. The van der Waals surface area contributed by atoms with Gasteiger partial charge in [0.05, 0.1) is 0 Å². The second kappa shape index (κ2) is 7.17. The molecule has 4 rings (SSSR count). The molecule has 0 spiro atoms. The summed E-state index contributed by atoms with van der Waals surface area (Å²) in [5.74, 6) is 2.75. The number of halogens is 1. The Morgan fingerprint density at radius 3 is 2.81 bits per heavy atom. The van der Waals surface area contributed by atoms with Gasteiger partial charge in [-0.25, -0.2) is 0 Å². The normalized spacial score (nSPS) is 19.8. The van der Waals surface area contributed by atoms with Gasteiger partial charge in [0, 0.05) is 9.84 Å². The highest BCUT2D eigenvalue weighted by molar-refractivity contribution is 14.1. The summed E-state index contributed by atoms with van der Waals surface area (Å²) in [6, 6.07) is 13.6. The van der Waals surface area contributed by atoms with E-state index in [1.54, 1.807) is 0 Å². The SMILES string of the molecule is C#CC=C1/C(=C\CI)C(C)(C)c2cc(-c3cccc4c3C=CCC4)ccc21. The molecule has 2 aliphatic rings. The average molecular weight is 462 g/mol. The van der Waals surface area contributed by atoms with E-state index in [1.165, 1.54) is 44.5 Å². The molecule has 0 N–H and O–H groups in total. The molecule has 0 saturated heterocycles. The van der Waals surface area contributed by atoms with Crippen molar-refractivity contribution < 1.29 is 0 Å². The summed E-state index contributed by atoms with van der Waals surface area (Å²) in [4.78, 5) is 0. The molecule has 0 heterocycles. The van der Waals surface area contributed by atoms with Crippen molar-refractivity contribution in [2.75, 3.05) is 4.43 Å². The van der Waals surface area contributed by atoms with Gasteiger partial charge in [-0.1, -0.05) is 90.9 Å². The lowest BCUT2D eigenvalue weighted by atomic mass is 9.81. The first-order valence-corrected chi connectivity index (χ1v) is 11.0. The van der Waals surface area contributed by atoms with Crippen LogP contribution in [0.15, 0.2) is 60.2 Å². The first-order chi connectivity index (χ1) is 13.1. The summed E-state index contributed by atoms with van der Waals surface area (Å²) in [6.07, 6.45) is 16.7. The number of hydrogen-bond donors (Lipinski definition) is 0. The number of terminal acetylenes is 1. The standard InChI is InChI=1S/C26H23I/c1-4-8-22-23-14-13-19(17-25(23)26(2,3)24(22)15-16-27)21-12-7-10-18-9-5-6-11-20(18)21/h1,6-8,10-15,17H,5,9,16H2,2-3H3/b22-8?,24-15+. The van der Waals surface area contributed by atoms with E-state index in [1.807, 2.05) is 6.08 Å². The largest absolute Gasteiger partial charge is 0.115 e. The van der Waals surface area contributed by atoms with Gasteiger partial charge in [0.15, 0.2) is 0 Å². The quantitative estimate of drug-likeness (QED) is 0.257. The van der Waals surface area contributed by atoms with Crippen LogP contribution in [0.4, 0.5) is 0 Å². The molecule has 0 saturated carbocycles. The summed E-state index contributed by atoms with van der Waals surface area (Å²) in [5, 5.41) is 0. The van der Waals surface area contributed by atoms with Crippen LogP contribution in [0.5, 0.6) is 0 Å². The third-order valence-corrected chi connectivity index (χ3v) is 6.27. The van der Waals surface area contributed by atoms with Gasteiger partial charge in [0.25, 0.3) is 0 Å². The maximum Gasteiger partial charge on any atom is 0.0182 e. The van der Waals surface area contributed by atoms with Crippen LogP contribution in [0.3, 0.4) is 0 Å². The van der Waals surface area contributed by atoms with Crippen molar-refractivity contribution in [2.24, 2.45) is 0 Å². The zero-order valence-corrected chi connectivity index (χ0v) is 18.0. The van der Waals surface area contributed by atoms with Crippen LogP contribution in [0.25, 0.3) is 22.8 Å². The van der Waals surface area contributed by atoms with Crippen LogP contribution in [-0.4, -0.2) is 4.43 Å². The molecular weight excluding hydrogens is 439 g/mol. The Balaban J connectivity index is 1.92. The fourth-order valence-corrected chi connectivity index (χ4v) is 4.93. The van der Waals surface area contributed by atoms with Gasteiger partial charge in [-0.05, 0) is 69.5 Å². The third kappa shape index (κ3) is 3.01. The minimum Gasteiger partial charge on any atom is -0.115 e. The molecule has 0 nitrogen and oxygen atoms in total. The summed E-state index contributed by atoms with van der Waals surface area (Å²) in [6.45, 7) is 4.62. The number of benzene rings is 2. The number of alkyl halides is 1. The highest BCUT2D eigenvalue weighted by Gasteiger charge is 2.38. The van der Waals surface area contributed by atoms with Crippen molar-refractivity contribution in [3.63, 3.8) is 0 Å². The molecule has 0 fully saturated rings. The summed E-state index contributed by atoms with van der Waals surface area (Å²) >= 11 is 2.41. The van der Waals surface area contributed by atoms with Crippen LogP contribution < -0.4 is 0 Å². The van der Waals surface area contributed by atoms with Crippen LogP contribution in [-0.2, 0) is 11.8 Å². The monoisotopic (exact) mass is 462 g/mol. The molecule has 27 heavy (non-hydrogen) atoms. The molecule has 2 aromatic carbocycles. The molecule has 0 unspecified atom stereocenters. The van der Waals surface area contributed by atoms with Crippen LogP contribution in [0, 0.1) is 12.3 Å². The number of aryl methyl sites for hydroxylation is 1. The van der Waals surface area contributed by atoms with E-state index in [-0.39, 0.29) is 5.41 Å². The Morgan fingerprint density at radius 2 is 2.04 bits per heavy atom. The second-order valence-corrected chi connectivity index (χ2v) is 8.58. The number of allylic oxidation sites excluding steroid dienone is 5. The number of fused-ring (bicyclic) bond motifs is 2. The molecule has 0 radical (unpaired) electrons. The van der Waals surface area contributed by atoms with E-state index < -0.39 is 0 Å². The zero-order chi connectivity index (χ0) is 19.0. The average Bonchev–Trinajstić information content (AvgIpc) is 2.89. The van der Waals surface area contributed by atoms with Gasteiger partial charge in [0.2, 0.25) is 0 Å². The predicted octanol–water partition coefficient (Wildman–Crippen LogP) is 6.98. The molecule has 0 aromatic heterocycles. The molecule has 0 bridgehead atoms. The topological polar surface area (TPSA) is 0 Å². The fourth-order valence-electron chi connectivity index (χ4n) is 4.49. The molecule has 1 heteroatoms. The lowest BCUT2D eigenvalue weighted by molar-refractivity contribution is 0.660. The number of hydrogen-bond acceptors (Lipinski definition) is 0. The molecule has 0 amide bonds. The van der Waals surface area contributed by atoms with Gasteiger partial charge in [0.1, 0.15) is 0 Å². The van der Waals surface area contributed by atoms with E-state index in [0.717, 1.165) is 17.3 Å². The molecular formula is C26H23I. The van der Waals surface area contributed by atoms with Crippen molar-refractivity contribution >= 4 is 34.2 Å². The van der Waals surface area contributed by atoms with Gasteiger partial charge in [-0.3, -0.25) is 0 Å². The maximum atomic E-state index is 5.65. The second-order valence-electron chi connectivity index (χ2n) is 7.70. The number of rotatable bonds is 2. The van der Waals surface area contributed by atoms with Gasteiger partial charge >= 0.3 is 0 Å². The van der Waals surface area contributed by atoms with Crippen molar-refractivity contribution in [1.82, 2.24) is 0 Å². The summed E-state index contributed by atoms with van der Waals surface area (Å²) in [5.41, 5.74) is 10.6. The van der Waals surface area contributed by atoms with Gasteiger partial charge < -0.3 is 0 Å². The Hall–Kier alpha value is -2.05. The maximum absolute atomic E-state index is 5.65. The van der Waals surface area contributed by atoms with Crippen molar-refractivity contribution in [3.05, 3.63) is 82.5 Å². The Morgan fingerprint density at radius 1 is 1.19 bits per heavy atom. The van der Waals surface area contributed by atoms with Gasteiger partial charge in [-0.2, -0.15) is 0 Å². The Kier molecular flexibility index (Phi) is 4.86. The molecule has 134 valence electrons. The zero-order valence-electron chi connectivity index (χ0n) is 15.9. The van der Waals surface area contributed by atoms with E-state index in [9.17, 15) is 0 Å². The lowest BCUT2D eigenvalue weighted by Gasteiger charge is -2.23. The predicted molar refractivity (Wildman–Crippen MR) is 126 cm³/mol. The highest BCUT2D eigenvalue weighted by Crippen LogP contribution is 2.50. The smallest absolute Gasteiger partial charge is 0.0182 e. The lowest BCUT2D eigenvalue weighted by Crippen LogP contribution is -2.15. The third-order valence-electron chi connectivity index (χ3n) is 5.83. The van der Waals surface area contributed by atoms with Crippen LogP contribution >= 0.6 is 22.6 Å². The van der Waals surface area contributed by atoms with Crippen molar-refractivity contribution in [2.45, 2.75) is 32.1 Å². The van der Waals surface area contributed by atoms with Crippen LogP contribution in [0.1, 0.15) is 42.5 Å². The van der Waals surface area contributed by atoms with E-state index in [4.69, 9.17) is 6.42 Å². The molecule has 2 aliphatic carbocycles. The Bertz CT molecular complexity index is 1040. The first-order valence-electron chi connectivity index (χ1n) is 9.45. The van der Waals surface area contributed by atoms with Crippen molar-refractivity contribution in [1.29, 1.82) is 0 Å². The minimum atomic E-state index is -0.0378. The molecule has 0 aliphatic heterocycles. The highest BCUT2D eigenvalue weighted by atomic mass is 127. The summed E-state index contributed by atoms with van der Waals surface area (Å²) < 4.78 is 0.982. The fraction of sp³-hybridized carbons (Fsp3) is 0.231. The Labute approximate surface area is 176 Å². The minimum absolute atomic E-state index is 0.0378. The first kappa shape index (κ1) is 18.3. The van der Waals surface area contributed by atoms with Gasteiger partial charge in [-0.15, -0.1) is 6.42 Å².